The largest absolute Gasteiger partial charge is 0.328 e. The maximum atomic E-state index is 4.84. The van der Waals surface area contributed by atoms with Gasteiger partial charge in [0, 0.05) is 28.8 Å². The molecule has 3 aromatic heterocycles. The van der Waals surface area contributed by atoms with Gasteiger partial charge in [-0.05, 0) is 45.6 Å². The van der Waals surface area contributed by atoms with E-state index in [0.29, 0.717) is 5.82 Å². The molecule has 0 aliphatic heterocycles. The molecule has 6 nitrogen and oxygen atoms in total. The predicted molar refractivity (Wildman–Crippen MR) is 107 cm³/mol. The van der Waals surface area contributed by atoms with E-state index in [0.717, 1.165) is 39.8 Å². The molecule has 0 bridgehead atoms. The van der Waals surface area contributed by atoms with Crippen molar-refractivity contribution in [3.8, 4) is 11.4 Å². The van der Waals surface area contributed by atoms with Gasteiger partial charge in [0.15, 0.2) is 11.5 Å². The summed E-state index contributed by atoms with van der Waals surface area (Å²) in [7, 11) is 4.17. The summed E-state index contributed by atoms with van der Waals surface area (Å²) in [6.07, 6.45) is 1.76. The highest BCUT2D eigenvalue weighted by atomic mass is 79.9. The zero-order valence-electron chi connectivity index (χ0n) is 15.4. The number of benzene rings is 1. The maximum Gasteiger partial charge on any atom is 0.183 e. The summed E-state index contributed by atoms with van der Waals surface area (Å²) in [4.78, 5) is 11.7. The Morgan fingerprint density at radius 2 is 1.88 bits per heavy atom. The summed E-state index contributed by atoms with van der Waals surface area (Å²) >= 11 is 3.59. The number of hydrogen-bond donors (Lipinski definition) is 0. The van der Waals surface area contributed by atoms with Gasteiger partial charge in [-0.3, -0.25) is 0 Å². The van der Waals surface area contributed by atoms with Gasteiger partial charge in [0.05, 0.1) is 5.39 Å². The van der Waals surface area contributed by atoms with Crippen molar-refractivity contribution in [3.63, 3.8) is 0 Å². The molecule has 4 rings (SSSR count). The highest BCUT2D eigenvalue weighted by Gasteiger charge is 2.18. The van der Waals surface area contributed by atoms with Gasteiger partial charge in [-0.15, -0.1) is 5.10 Å². The molecule has 0 saturated heterocycles. The van der Waals surface area contributed by atoms with E-state index in [1.807, 2.05) is 24.3 Å². The summed E-state index contributed by atoms with van der Waals surface area (Å²) in [5.41, 5.74) is 5.24. The van der Waals surface area contributed by atoms with E-state index in [1.165, 1.54) is 11.3 Å². The van der Waals surface area contributed by atoms with Gasteiger partial charge < -0.3 is 9.47 Å². The quantitative estimate of drug-likeness (QED) is 0.512. The first-order chi connectivity index (χ1) is 12.5. The van der Waals surface area contributed by atoms with Crippen molar-refractivity contribution in [3.05, 3.63) is 46.3 Å². The lowest BCUT2D eigenvalue weighted by atomic mass is 10.2. The van der Waals surface area contributed by atoms with Gasteiger partial charge in [0.2, 0.25) is 0 Å². The van der Waals surface area contributed by atoms with Crippen LogP contribution in [0.3, 0.4) is 0 Å². The molecule has 3 heterocycles. The minimum absolute atomic E-state index is 0.699. The predicted octanol–water partition coefficient (Wildman–Crippen LogP) is 3.69. The zero-order valence-corrected chi connectivity index (χ0v) is 16.9. The second-order valence-electron chi connectivity index (χ2n) is 6.79. The fourth-order valence-electron chi connectivity index (χ4n) is 3.26. The van der Waals surface area contributed by atoms with Gasteiger partial charge in [-0.1, -0.05) is 28.1 Å². The molecule has 0 atom stereocenters. The van der Waals surface area contributed by atoms with Crippen molar-refractivity contribution < 1.29 is 0 Å². The van der Waals surface area contributed by atoms with Crippen LogP contribution in [-0.2, 0) is 6.54 Å². The molecule has 1 aromatic carbocycles. The van der Waals surface area contributed by atoms with E-state index >= 15 is 0 Å². The highest BCUT2D eigenvalue weighted by molar-refractivity contribution is 9.10. The third kappa shape index (κ3) is 2.71. The van der Waals surface area contributed by atoms with Crippen LogP contribution in [0.5, 0.6) is 0 Å². The molecule has 26 heavy (non-hydrogen) atoms. The van der Waals surface area contributed by atoms with Gasteiger partial charge in [0.1, 0.15) is 12.0 Å². The topological polar surface area (TPSA) is 51.2 Å². The third-order valence-electron chi connectivity index (χ3n) is 4.83. The van der Waals surface area contributed by atoms with Gasteiger partial charge in [-0.2, -0.15) is 0 Å². The fraction of sp³-hybridized carbons (Fsp3) is 0.316. The second-order valence-corrected chi connectivity index (χ2v) is 7.65. The first-order valence-corrected chi connectivity index (χ1v) is 9.37. The molecule has 134 valence electrons. The summed E-state index contributed by atoms with van der Waals surface area (Å²) in [5, 5.41) is 5.72. The third-order valence-corrected chi connectivity index (χ3v) is 5.52. The molecule has 0 saturated carbocycles. The Kier molecular flexibility index (Phi) is 4.28. The Labute approximate surface area is 160 Å². The molecule has 0 radical (unpaired) electrons. The van der Waals surface area contributed by atoms with Crippen LogP contribution in [0, 0.1) is 13.8 Å². The van der Waals surface area contributed by atoms with Crippen molar-refractivity contribution in [2.45, 2.75) is 20.4 Å². The smallest absolute Gasteiger partial charge is 0.183 e. The Morgan fingerprint density at radius 1 is 1.12 bits per heavy atom. The van der Waals surface area contributed by atoms with Crippen molar-refractivity contribution in [1.29, 1.82) is 0 Å². The fourth-order valence-corrected chi connectivity index (χ4v) is 3.72. The van der Waals surface area contributed by atoms with Crippen LogP contribution in [0.15, 0.2) is 35.1 Å². The molecule has 0 amide bonds. The summed E-state index contributed by atoms with van der Waals surface area (Å²) < 4.78 is 5.04. The number of rotatable bonds is 4. The lowest BCUT2D eigenvalue weighted by molar-refractivity contribution is 0.384. The maximum absolute atomic E-state index is 4.84. The first kappa shape index (κ1) is 17.2. The van der Waals surface area contributed by atoms with E-state index < -0.39 is 0 Å². The minimum Gasteiger partial charge on any atom is -0.328 e. The van der Waals surface area contributed by atoms with Gasteiger partial charge in [-0.25, -0.2) is 14.5 Å². The van der Waals surface area contributed by atoms with E-state index in [1.54, 1.807) is 10.8 Å². The standard InChI is InChI=1S/C19H21BrN6/c1-12-13(2)25(10-9-24(3)4)18-16(12)19-22-17(23-26(19)11-21-18)14-7-5-6-8-15(14)20/h5-8,11H,9-10H2,1-4H3. The first-order valence-electron chi connectivity index (χ1n) is 8.57. The van der Waals surface area contributed by atoms with Crippen molar-refractivity contribution >= 4 is 32.6 Å². The number of halogens is 1. The van der Waals surface area contributed by atoms with Crippen LogP contribution in [0.1, 0.15) is 11.3 Å². The molecule has 0 N–H and O–H groups in total. The molecule has 0 unspecified atom stereocenters. The average Bonchev–Trinajstić information content (AvgIpc) is 3.13. The summed E-state index contributed by atoms with van der Waals surface area (Å²) in [6.45, 7) is 6.15. The normalized spacial score (nSPS) is 11.9. The Morgan fingerprint density at radius 3 is 2.62 bits per heavy atom. The molecular weight excluding hydrogens is 392 g/mol. The van der Waals surface area contributed by atoms with Crippen LogP contribution in [-0.4, -0.2) is 49.7 Å². The Balaban J connectivity index is 1.93. The number of hydrogen-bond acceptors (Lipinski definition) is 4. The van der Waals surface area contributed by atoms with Crippen molar-refractivity contribution in [2.75, 3.05) is 20.6 Å². The Bertz CT molecular complexity index is 1110. The zero-order chi connectivity index (χ0) is 18.4. The SMILES string of the molecule is Cc1c(C)n(CCN(C)C)c2ncn3nc(-c4ccccc4Br)nc3c12. The van der Waals surface area contributed by atoms with Crippen LogP contribution < -0.4 is 0 Å². The van der Waals surface area contributed by atoms with Crippen LogP contribution in [0.2, 0.25) is 0 Å². The van der Waals surface area contributed by atoms with Crippen molar-refractivity contribution in [1.82, 2.24) is 29.0 Å². The number of fused-ring (bicyclic) bond motifs is 3. The number of likely N-dealkylation sites (N-methyl/N-ethyl adjacent to an activating group) is 1. The molecule has 0 fully saturated rings. The summed E-state index contributed by atoms with van der Waals surface area (Å²) in [5.74, 6) is 0.699. The molecule has 0 aliphatic carbocycles. The lowest BCUT2D eigenvalue weighted by Crippen LogP contribution is -2.19. The molecular formula is C19H21BrN6. The molecule has 4 aromatic rings. The van der Waals surface area contributed by atoms with Gasteiger partial charge >= 0.3 is 0 Å². The summed E-state index contributed by atoms with van der Waals surface area (Å²) in [6, 6.07) is 8.00. The number of aryl methyl sites for hydroxylation is 1. The monoisotopic (exact) mass is 412 g/mol. The van der Waals surface area contributed by atoms with E-state index in [9.17, 15) is 0 Å². The molecule has 0 aliphatic rings. The Hall–Kier alpha value is -2.25. The lowest BCUT2D eigenvalue weighted by Gasteiger charge is -2.12. The van der Waals surface area contributed by atoms with Crippen LogP contribution in [0.25, 0.3) is 28.1 Å². The van der Waals surface area contributed by atoms with Crippen LogP contribution in [0.4, 0.5) is 0 Å². The van der Waals surface area contributed by atoms with E-state index in [2.05, 4.69) is 58.4 Å². The van der Waals surface area contributed by atoms with Crippen LogP contribution >= 0.6 is 15.9 Å². The average molecular weight is 413 g/mol. The van der Waals surface area contributed by atoms with E-state index in [4.69, 9.17) is 9.97 Å². The minimum atomic E-state index is 0.699. The highest BCUT2D eigenvalue weighted by Crippen LogP contribution is 2.30. The molecule has 7 heteroatoms. The molecule has 0 spiro atoms. The van der Waals surface area contributed by atoms with E-state index in [-0.39, 0.29) is 0 Å². The van der Waals surface area contributed by atoms with Crippen molar-refractivity contribution in [2.24, 2.45) is 0 Å². The van der Waals surface area contributed by atoms with Gasteiger partial charge in [0.25, 0.3) is 0 Å². The number of aromatic nitrogens is 5. The second kappa shape index (κ2) is 6.48. The number of nitrogens with zero attached hydrogens (tertiary/aromatic N) is 6.